The lowest BCUT2D eigenvalue weighted by atomic mass is 9.67. The minimum Gasteiger partial charge on any atom is -0.378 e. The molecule has 2 atom stereocenters. The van der Waals surface area contributed by atoms with Gasteiger partial charge in [-0.1, -0.05) is 12.2 Å². The maximum absolute atomic E-state index is 12.4. The average molecular weight is 381 g/mol. The summed E-state index contributed by atoms with van der Waals surface area (Å²) in [6, 6.07) is 0. The molecule has 0 aromatic rings. The van der Waals surface area contributed by atoms with E-state index in [1.165, 1.54) is 51.0 Å². The second kappa shape index (κ2) is 10.7. The molecule has 0 bridgehead atoms. The quantitative estimate of drug-likeness (QED) is 0.433. The summed E-state index contributed by atoms with van der Waals surface area (Å²) in [6.07, 6.45) is 19.2. The zero-order valence-electron chi connectivity index (χ0n) is 17.1. The Hall–Kier alpha value is -0.700. The van der Waals surface area contributed by atoms with Crippen molar-refractivity contribution in [3.8, 4) is 0 Å². The molecule has 0 spiro atoms. The Balaban J connectivity index is 1.34. The maximum Gasteiger partial charge on any atom is 0.266 e. The summed E-state index contributed by atoms with van der Waals surface area (Å²) in [7, 11) is 0. The van der Waals surface area contributed by atoms with Crippen LogP contribution in [0.1, 0.15) is 84.0 Å². The first-order chi connectivity index (χ1) is 13.2. The predicted molar refractivity (Wildman–Crippen MR) is 108 cm³/mol. The van der Waals surface area contributed by atoms with Gasteiger partial charge in [0.2, 0.25) is 0 Å². The normalized spacial score (nSPS) is 38.0. The summed E-state index contributed by atoms with van der Waals surface area (Å²) in [5, 5.41) is 0. The van der Waals surface area contributed by atoms with E-state index in [0.29, 0.717) is 6.10 Å². The zero-order chi connectivity index (χ0) is 19.1. The molecule has 3 heteroatoms. The van der Waals surface area contributed by atoms with Gasteiger partial charge in [0.15, 0.2) is 0 Å². The number of ether oxygens (including phenoxy) is 1. The van der Waals surface area contributed by atoms with Crippen LogP contribution in [0, 0.1) is 29.6 Å². The molecule has 1 saturated heterocycles. The second-order valence-corrected chi connectivity index (χ2v) is 9.25. The number of halogens is 2. The van der Waals surface area contributed by atoms with Gasteiger partial charge in [0.25, 0.3) is 6.08 Å². The molecule has 2 aliphatic carbocycles. The minimum absolute atomic E-state index is 0.128. The van der Waals surface area contributed by atoms with Crippen molar-refractivity contribution in [2.45, 2.75) is 90.1 Å². The Kier molecular flexibility index (Phi) is 8.36. The van der Waals surface area contributed by atoms with Gasteiger partial charge in [-0.2, -0.15) is 8.78 Å². The average Bonchev–Trinajstić information content (AvgIpc) is 2.69. The van der Waals surface area contributed by atoms with Crippen LogP contribution >= 0.6 is 0 Å². The van der Waals surface area contributed by atoms with Crippen molar-refractivity contribution in [3.63, 3.8) is 0 Å². The monoisotopic (exact) mass is 380 g/mol. The van der Waals surface area contributed by atoms with Crippen LogP contribution < -0.4 is 0 Å². The van der Waals surface area contributed by atoms with Crippen molar-refractivity contribution < 1.29 is 13.5 Å². The molecule has 2 unspecified atom stereocenters. The predicted octanol–water partition coefficient (Wildman–Crippen LogP) is 7.53. The van der Waals surface area contributed by atoms with Crippen LogP contribution in [0.25, 0.3) is 0 Å². The van der Waals surface area contributed by atoms with E-state index >= 15 is 0 Å². The lowest BCUT2D eigenvalue weighted by Crippen LogP contribution is -2.33. The molecule has 0 amide bonds. The second-order valence-electron chi connectivity index (χ2n) is 9.25. The summed E-state index contributed by atoms with van der Waals surface area (Å²) in [4.78, 5) is 0. The van der Waals surface area contributed by atoms with Crippen LogP contribution in [0.2, 0.25) is 0 Å². The van der Waals surface area contributed by atoms with Gasteiger partial charge in [-0.15, -0.1) is 0 Å². The van der Waals surface area contributed by atoms with Crippen molar-refractivity contribution >= 4 is 0 Å². The van der Waals surface area contributed by atoms with Gasteiger partial charge < -0.3 is 4.74 Å². The van der Waals surface area contributed by atoms with E-state index < -0.39 is 6.08 Å². The molecule has 1 aliphatic heterocycles. The maximum atomic E-state index is 12.4. The Morgan fingerprint density at radius 3 is 1.89 bits per heavy atom. The largest absolute Gasteiger partial charge is 0.378 e. The van der Waals surface area contributed by atoms with E-state index in [1.807, 2.05) is 0 Å². The number of hydrogen-bond donors (Lipinski definition) is 0. The first-order valence-corrected chi connectivity index (χ1v) is 11.4. The zero-order valence-corrected chi connectivity index (χ0v) is 17.1. The topological polar surface area (TPSA) is 9.23 Å². The van der Waals surface area contributed by atoms with Gasteiger partial charge in [-0.3, -0.25) is 0 Å². The molecule has 3 fully saturated rings. The van der Waals surface area contributed by atoms with Crippen LogP contribution in [0.5, 0.6) is 0 Å². The lowest BCUT2D eigenvalue weighted by molar-refractivity contribution is -0.0430. The Morgan fingerprint density at radius 1 is 0.815 bits per heavy atom. The lowest BCUT2D eigenvalue weighted by Gasteiger charge is -2.41. The first-order valence-electron chi connectivity index (χ1n) is 11.4. The molecular formula is C24H38F2O. The van der Waals surface area contributed by atoms with E-state index in [9.17, 15) is 8.78 Å². The van der Waals surface area contributed by atoms with Crippen molar-refractivity contribution in [1.29, 1.82) is 0 Å². The molecule has 0 aromatic carbocycles. The summed E-state index contributed by atoms with van der Waals surface area (Å²) in [6.45, 7) is 3.06. The highest BCUT2D eigenvalue weighted by Gasteiger charge is 2.34. The highest BCUT2D eigenvalue weighted by molar-refractivity contribution is 4.92. The fourth-order valence-electron chi connectivity index (χ4n) is 5.92. The van der Waals surface area contributed by atoms with Gasteiger partial charge in [0.1, 0.15) is 0 Å². The standard InChI is InChI=1S/C24H38F2O/c1-2-3-4-5-23-15-14-22(17-27-23)21-12-10-20(11-13-21)19-8-6-18(7-9-19)16-24(25)26/h2-3,16,18-23H,4-15,17H2,1H3. The Labute approximate surface area is 164 Å². The SMILES string of the molecule is CC=CCCC1CCC(C2CCC(C3CCC(C=C(F)F)CC3)CC2)CO1. The Bertz CT molecular complexity index is 473. The van der Waals surface area contributed by atoms with Crippen LogP contribution in [0.3, 0.4) is 0 Å². The third kappa shape index (κ3) is 6.41. The van der Waals surface area contributed by atoms with Crippen molar-refractivity contribution in [2.24, 2.45) is 29.6 Å². The van der Waals surface area contributed by atoms with Gasteiger partial charge in [-0.05, 0) is 120 Å². The van der Waals surface area contributed by atoms with Crippen LogP contribution in [0.4, 0.5) is 8.78 Å². The van der Waals surface area contributed by atoms with E-state index in [-0.39, 0.29) is 5.92 Å². The van der Waals surface area contributed by atoms with Gasteiger partial charge >= 0.3 is 0 Å². The molecule has 27 heavy (non-hydrogen) atoms. The van der Waals surface area contributed by atoms with E-state index in [2.05, 4.69) is 19.1 Å². The fourth-order valence-corrected chi connectivity index (χ4v) is 5.92. The van der Waals surface area contributed by atoms with Crippen LogP contribution in [-0.2, 0) is 4.74 Å². The summed E-state index contributed by atoms with van der Waals surface area (Å²) in [5.41, 5.74) is 0. The molecule has 1 nitrogen and oxygen atoms in total. The third-order valence-electron chi connectivity index (χ3n) is 7.62. The Morgan fingerprint density at radius 2 is 1.37 bits per heavy atom. The number of rotatable bonds is 6. The smallest absolute Gasteiger partial charge is 0.266 e. The van der Waals surface area contributed by atoms with E-state index in [1.54, 1.807) is 0 Å². The molecule has 0 N–H and O–H groups in total. The van der Waals surface area contributed by atoms with Crippen LogP contribution in [0.15, 0.2) is 24.3 Å². The fraction of sp³-hybridized carbons (Fsp3) is 0.833. The molecule has 3 rings (SSSR count). The highest BCUT2D eigenvalue weighted by atomic mass is 19.3. The number of allylic oxidation sites excluding steroid dienone is 3. The van der Waals surface area contributed by atoms with Gasteiger partial charge in [-0.25, -0.2) is 0 Å². The van der Waals surface area contributed by atoms with Crippen molar-refractivity contribution in [3.05, 3.63) is 24.3 Å². The molecular weight excluding hydrogens is 342 g/mol. The molecule has 1 heterocycles. The molecule has 154 valence electrons. The van der Waals surface area contributed by atoms with Gasteiger partial charge in [0.05, 0.1) is 12.7 Å². The molecule has 3 aliphatic rings. The van der Waals surface area contributed by atoms with Crippen molar-refractivity contribution in [1.82, 2.24) is 0 Å². The molecule has 2 saturated carbocycles. The van der Waals surface area contributed by atoms with E-state index in [4.69, 9.17) is 4.74 Å². The summed E-state index contributed by atoms with van der Waals surface area (Å²) >= 11 is 0. The highest BCUT2D eigenvalue weighted by Crippen LogP contribution is 2.44. The van der Waals surface area contributed by atoms with Gasteiger partial charge in [0, 0.05) is 0 Å². The van der Waals surface area contributed by atoms with E-state index in [0.717, 1.165) is 62.4 Å². The van der Waals surface area contributed by atoms with Crippen molar-refractivity contribution in [2.75, 3.05) is 6.61 Å². The number of hydrogen-bond acceptors (Lipinski definition) is 1. The summed E-state index contributed by atoms with van der Waals surface area (Å²) in [5.74, 6) is 3.40. The van der Waals surface area contributed by atoms with Crippen LogP contribution in [-0.4, -0.2) is 12.7 Å². The first kappa shape index (κ1) is 21.0. The summed E-state index contributed by atoms with van der Waals surface area (Å²) < 4.78 is 31.1. The third-order valence-corrected chi connectivity index (χ3v) is 7.62. The molecule has 0 radical (unpaired) electrons. The molecule has 0 aromatic heterocycles. The minimum atomic E-state index is -1.49.